The van der Waals surface area contributed by atoms with Gasteiger partial charge in [-0.3, -0.25) is 4.79 Å². The van der Waals surface area contributed by atoms with E-state index in [0.717, 1.165) is 37.1 Å². The van der Waals surface area contributed by atoms with Gasteiger partial charge in [-0.25, -0.2) is 9.78 Å². The van der Waals surface area contributed by atoms with Gasteiger partial charge in [0.15, 0.2) is 5.78 Å². The van der Waals surface area contributed by atoms with Crippen molar-refractivity contribution in [1.82, 2.24) is 15.3 Å². The van der Waals surface area contributed by atoms with Crippen molar-refractivity contribution >= 4 is 11.9 Å². The third kappa shape index (κ3) is 7.55. The lowest BCUT2D eigenvalue weighted by Crippen LogP contribution is -2.40. The number of aryl methyl sites for hydroxylation is 1. The molecule has 6 heteroatoms. The van der Waals surface area contributed by atoms with E-state index < -0.39 is 11.7 Å². The molecule has 1 amide bonds. The first-order valence-electron chi connectivity index (χ1n) is 9.87. The van der Waals surface area contributed by atoms with Crippen molar-refractivity contribution in [2.75, 3.05) is 0 Å². The number of H-pyrrole nitrogens is 1. The maximum absolute atomic E-state index is 12.2. The highest BCUT2D eigenvalue weighted by Crippen LogP contribution is 2.13. The molecule has 0 aliphatic carbocycles. The van der Waals surface area contributed by atoms with Crippen LogP contribution < -0.4 is 5.32 Å². The Balaban J connectivity index is 1.93. The SMILES string of the molecule is CCC(=O)c1cnc(CCC[C@H](Cc2ccccc2)NC(=O)OC(C)(C)C)[nH]1. The van der Waals surface area contributed by atoms with E-state index in [1.807, 2.05) is 45.9 Å². The van der Waals surface area contributed by atoms with E-state index in [0.29, 0.717) is 12.1 Å². The number of hydrogen-bond acceptors (Lipinski definition) is 4. The molecule has 0 saturated heterocycles. The number of aromatic nitrogens is 2. The lowest BCUT2D eigenvalue weighted by molar-refractivity contribution is 0.0501. The molecule has 0 bridgehead atoms. The number of aromatic amines is 1. The predicted molar refractivity (Wildman–Crippen MR) is 109 cm³/mol. The van der Waals surface area contributed by atoms with Crippen LogP contribution in [0.4, 0.5) is 4.79 Å². The molecule has 0 fully saturated rings. The normalized spacial score (nSPS) is 12.4. The fraction of sp³-hybridized carbons (Fsp3) is 0.500. The Hall–Kier alpha value is -2.63. The first-order valence-corrected chi connectivity index (χ1v) is 9.87. The minimum Gasteiger partial charge on any atom is -0.444 e. The molecule has 2 N–H and O–H groups in total. The molecule has 2 aromatic rings. The number of nitrogens with zero attached hydrogens (tertiary/aromatic N) is 1. The third-order valence-electron chi connectivity index (χ3n) is 4.26. The highest BCUT2D eigenvalue weighted by Gasteiger charge is 2.20. The Morgan fingerprint density at radius 1 is 1.21 bits per heavy atom. The number of amides is 1. The number of ketones is 1. The lowest BCUT2D eigenvalue weighted by atomic mass is 10.0. The molecule has 1 atom stereocenters. The van der Waals surface area contributed by atoms with Crippen molar-refractivity contribution in [2.24, 2.45) is 0 Å². The van der Waals surface area contributed by atoms with Gasteiger partial charge in [-0.15, -0.1) is 0 Å². The summed E-state index contributed by atoms with van der Waals surface area (Å²) in [6.07, 6.45) is 4.73. The molecule has 152 valence electrons. The number of hydrogen-bond donors (Lipinski definition) is 2. The molecule has 0 spiro atoms. The van der Waals surface area contributed by atoms with Gasteiger partial charge in [-0.1, -0.05) is 37.3 Å². The van der Waals surface area contributed by atoms with E-state index in [9.17, 15) is 9.59 Å². The van der Waals surface area contributed by atoms with Crippen LogP contribution in [0.3, 0.4) is 0 Å². The van der Waals surface area contributed by atoms with Crippen LogP contribution in [0.5, 0.6) is 0 Å². The van der Waals surface area contributed by atoms with E-state index in [2.05, 4.69) is 27.4 Å². The maximum atomic E-state index is 12.2. The quantitative estimate of drug-likeness (QED) is 0.624. The summed E-state index contributed by atoms with van der Waals surface area (Å²) in [5.74, 6) is 0.861. The van der Waals surface area contributed by atoms with Crippen molar-refractivity contribution < 1.29 is 14.3 Å². The Morgan fingerprint density at radius 3 is 2.57 bits per heavy atom. The Labute approximate surface area is 167 Å². The van der Waals surface area contributed by atoms with E-state index >= 15 is 0 Å². The maximum Gasteiger partial charge on any atom is 0.407 e. The highest BCUT2D eigenvalue weighted by atomic mass is 16.6. The fourth-order valence-corrected chi connectivity index (χ4v) is 2.94. The zero-order chi connectivity index (χ0) is 20.6. The minimum absolute atomic E-state index is 0.0380. The summed E-state index contributed by atoms with van der Waals surface area (Å²) in [7, 11) is 0. The van der Waals surface area contributed by atoms with Crippen molar-refractivity contribution in [3.05, 3.63) is 53.6 Å². The summed E-state index contributed by atoms with van der Waals surface area (Å²) in [5, 5.41) is 2.99. The van der Waals surface area contributed by atoms with Gasteiger partial charge in [-0.05, 0) is 45.6 Å². The Bertz CT molecular complexity index is 763. The van der Waals surface area contributed by atoms with Crippen LogP contribution in [0, 0.1) is 0 Å². The van der Waals surface area contributed by atoms with Gasteiger partial charge in [0.2, 0.25) is 0 Å². The molecule has 28 heavy (non-hydrogen) atoms. The van der Waals surface area contributed by atoms with Crippen LogP contribution in [0.1, 0.15) is 68.8 Å². The zero-order valence-corrected chi connectivity index (χ0v) is 17.2. The minimum atomic E-state index is -0.530. The van der Waals surface area contributed by atoms with Crippen molar-refractivity contribution in [1.29, 1.82) is 0 Å². The van der Waals surface area contributed by atoms with Crippen LogP contribution in [0.15, 0.2) is 36.5 Å². The van der Waals surface area contributed by atoms with Crippen molar-refractivity contribution in [2.45, 2.75) is 71.4 Å². The smallest absolute Gasteiger partial charge is 0.407 e. The average molecular weight is 386 g/mol. The molecular weight excluding hydrogens is 354 g/mol. The largest absolute Gasteiger partial charge is 0.444 e. The number of rotatable bonds is 9. The number of Topliss-reactive ketones (excluding diaryl/α,β-unsaturated/α-hetero) is 1. The molecule has 0 aliphatic rings. The summed E-state index contributed by atoms with van der Waals surface area (Å²) < 4.78 is 5.41. The van der Waals surface area contributed by atoms with Gasteiger partial charge in [0.25, 0.3) is 0 Å². The molecule has 0 saturated carbocycles. The highest BCUT2D eigenvalue weighted by molar-refractivity contribution is 5.93. The Kier molecular flexibility index (Phi) is 7.79. The van der Waals surface area contributed by atoms with E-state index in [1.165, 1.54) is 0 Å². The molecule has 1 aromatic heterocycles. The van der Waals surface area contributed by atoms with Crippen LogP contribution in [-0.4, -0.2) is 33.5 Å². The van der Waals surface area contributed by atoms with Gasteiger partial charge in [0, 0.05) is 18.9 Å². The van der Waals surface area contributed by atoms with Crippen LogP contribution in [0.25, 0.3) is 0 Å². The van der Waals surface area contributed by atoms with Crippen LogP contribution >= 0.6 is 0 Å². The number of nitrogens with one attached hydrogen (secondary N) is 2. The fourth-order valence-electron chi connectivity index (χ4n) is 2.94. The van der Waals surface area contributed by atoms with Gasteiger partial charge < -0.3 is 15.0 Å². The number of imidazole rings is 1. The van der Waals surface area contributed by atoms with Crippen LogP contribution in [0.2, 0.25) is 0 Å². The lowest BCUT2D eigenvalue weighted by Gasteiger charge is -2.24. The van der Waals surface area contributed by atoms with Crippen LogP contribution in [-0.2, 0) is 17.6 Å². The van der Waals surface area contributed by atoms with Crippen molar-refractivity contribution in [3.63, 3.8) is 0 Å². The zero-order valence-electron chi connectivity index (χ0n) is 17.2. The molecule has 1 aromatic carbocycles. The topological polar surface area (TPSA) is 84.1 Å². The number of benzene rings is 1. The summed E-state index contributed by atoms with van der Waals surface area (Å²) in [5.41, 5.74) is 1.19. The summed E-state index contributed by atoms with van der Waals surface area (Å²) in [6, 6.07) is 10.0. The van der Waals surface area contributed by atoms with Gasteiger partial charge >= 0.3 is 6.09 Å². The van der Waals surface area contributed by atoms with Gasteiger partial charge in [0.1, 0.15) is 17.1 Å². The van der Waals surface area contributed by atoms with E-state index in [1.54, 1.807) is 6.20 Å². The summed E-state index contributed by atoms with van der Waals surface area (Å²) >= 11 is 0. The number of ether oxygens (including phenoxy) is 1. The summed E-state index contributed by atoms with van der Waals surface area (Å²) in [4.78, 5) is 31.3. The third-order valence-corrected chi connectivity index (χ3v) is 4.26. The molecule has 0 unspecified atom stereocenters. The Morgan fingerprint density at radius 2 is 1.93 bits per heavy atom. The average Bonchev–Trinajstić information content (AvgIpc) is 3.09. The second-order valence-electron chi connectivity index (χ2n) is 7.95. The number of carbonyl (C=O) groups is 2. The molecule has 6 nitrogen and oxygen atoms in total. The predicted octanol–water partition coefficient (Wildman–Crippen LogP) is 4.46. The summed E-state index contributed by atoms with van der Waals surface area (Å²) in [6.45, 7) is 7.39. The van der Waals surface area contributed by atoms with Gasteiger partial charge in [-0.2, -0.15) is 0 Å². The molecule has 0 aliphatic heterocycles. The first kappa shape index (κ1) is 21.7. The molecule has 2 rings (SSSR count). The first-order chi connectivity index (χ1) is 13.3. The van der Waals surface area contributed by atoms with Crippen molar-refractivity contribution in [3.8, 4) is 0 Å². The van der Waals surface area contributed by atoms with Gasteiger partial charge in [0.05, 0.1) is 6.20 Å². The monoisotopic (exact) mass is 385 g/mol. The molecule has 1 heterocycles. The second-order valence-corrected chi connectivity index (χ2v) is 7.95. The number of carbonyl (C=O) groups excluding carboxylic acids is 2. The van der Waals surface area contributed by atoms with E-state index in [4.69, 9.17) is 4.74 Å². The number of alkyl carbamates (subject to hydrolysis) is 1. The molecule has 0 radical (unpaired) electrons. The van der Waals surface area contributed by atoms with E-state index in [-0.39, 0.29) is 11.8 Å². The second kappa shape index (κ2) is 10.1. The molecular formula is C22H31N3O3. The standard InChI is InChI=1S/C22H31N3O3/c1-5-19(26)18-15-23-20(25-18)13-9-12-17(14-16-10-7-6-8-11-16)24-21(27)28-22(2,3)4/h6-8,10-11,15,17H,5,9,12-14H2,1-4H3,(H,23,25)(H,24,27)/t17-/m1/s1.